The van der Waals surface area contributed by atoms with E-state index in [9.17, 15) is 4.79 Å². The van der Waals surface area contributed by atoms with Gasteiger partial charge in [-0.25, -0.2) is 0 Å². The lowest BCUT2D eigenvalue weighted by molar-refractivity contribution is -0.129. The fraction of sp³-hybridized carbons (Fsp3) is 0.375. The molecule has 0 radical (unpaired) electrons. The van der Waals surface area contributed by atoms with Crippen LogP contribution in [0.15, 0.2) is 24.3 Å². The van der Waals surface area contributed by atoms with Crippen molar-refractivity contribution < 1.29 is 9.53 Å². The molecule has 0 aromatic heterocycles. The molecule has 0 saturated carbocycles. The van der Waals surface area contributed by atoms with Gasteiger partial charge in [0.2, 0.25) is 0 Å². The van der Waals surface area contributed by atoms with Crippen molar-refractivity contribution in [1.82, 2.24) is 0 Å². The molecule has 1 aliphatic rings. The molecule has 0 aromatic carbocycles. The maximum atomic E-state index is 11.1. The summed E-state index contributed by atoms with van der Waals surface area (Å²) in [6.07, 6.45) is 6.78. The molecule has 0 fully saturated rings. The Kier molecular flexibility index (Phi) is 1.72. The summed E-state index contributed by atoms with van der Waals surface area (Å²) in [6, 6.07) is 0. The van der Waals surface area contributed by atoms with Crippen LogP contribution >= 0.6 is 0 Å². The van der Waals surface area contributed by atoms with E-state index in [0.29, 0.717) is 0 Å². The smallest absolute Gasteiger partial charge is 0.191 e. The lowest BCUT2D eigenvalue weighted by Crippen LogP contribution is -2.34. The monoisotopic (exact) mass is 138 g/mol. The van der Waals surface area contributed by atoms with Crippen molar-refractivity contribution in [3.63, 3.8) is 0 Å². The van der Waals surface area contributed by atoms with Crippen molar-refractivity contribution in [1.29, 1.82) is 0 Å². The Bertz CT molecular complexity index is 203. The predicted octanol–water partition coefficient (Wildman–Crippen LogP) is 1.09. The zero-order chi connectivity index (χ0) is 7.61. The highest BCUT2D eigenvalue weighted by Crippen LogP contribution is 2.16. The van der Waals surface area contributed by atoms with Crippen molar-refractivity contribution in [2.24, 2.45) is 0 Å². The summed E-state index contributed by atoms with van der Waals surface area (Å²) < 4.78 is 5.00. The van der Waals surface area contributed by atoms with Gasteiger partial charge in [0.15, 0.2) is 5.78 Å². The molecule has 0 heterocycles. The maximum absolute atomic E-state index is 11.1. The second kappa shape index (κ2) is 2.39. The van der Waals surface area contributed by atoms with Crippen LogP contribution in [0.25, 0.3) is 0 Å². The van der Waals surface area contributed by atoms with E-state index in [4.69, 9.17) is 4.74 Å². The first-order valence-corrected chi connectivity index (χ1v) is 3.14. The van der Waals surface area contributed by atoms with Gasteiger partial charge in [0.25, 0.3) is 0 Å². The van der Waals surface area contributed by atoms with Gasteiger partial charge < -0.3 is 4.74 Å². The second-order valence-corrected chi connectivity index (χ2v) is 2.39. The van der Waals surface area contributed by atoms with Gasteiger partial charge >= 0.3 is 0 Å². The summed E-state index contributed by atoms with van der Waals surface area (Å²) in [4.78, 5) is 11.1. The van der Waals surface area contributed by atoms with E-state index in [-0.39, 0.29) is 5.78 Å². The number of allylic oxidation sites excluding steroid dienone is 2. The zero-order valence-electron chi connectivity index (χ0n) is 6.13. The summed E-state index contributed by atoms with van der Waals surface area (Å²) in [6.45, 7) is 1.75. The number of hydrogen-bond acceptors (Lipinski definition) is 2. The molecule has 0 N–H and O–H groups in total. The van der Waals surface area contributed by atoms with Gasteiger partial charge in [-0.1, -0.05) is 12.2 Å². The van der Waals surface area contributed by atoms with Gasteiger partial charge in [-0.2, -0.15) is 0 Å². The molecule has 0 aliphatic heterocycles. The summed E-state index contributed by atoms with van der Waals surface area (Å²) in [5.74, 6) is -0.00231. The summed E-state index contributed by atoms with van der Waals surface area (Å²) in [7, 11) is 1.53. The number of hydrogen-bond donors (Lipinski definition) is 0. The Morgan fingerprint density at radius 1 is 1.50 bits per heavy atom. The van der Waals surface area contributed by atoms with Crippen LogP contribution < -0.4 is 0 Å². The molecule has 0 amide bonds. The van der Waals surface area contributed by atoms with Crippen LogP contribution in [0.4, 0.5) is 0 Å². The summed E-state index contributed by atoms with van der Waals surface area (Å²) in [5, 5.41) is 0. The van der Waals surface area contributed by atoms with E-state index in [2.05, 4.69) is 0 Å². The molecule has 0 bridgehead atoms. The predicted molar refractivity (Wildman–Crippen MR) is 38.7 cm³/mol. The molecular weight excluding hydrogens is 128 g/mol. The molecule has 0 aromatic rings. The first-order chi connectivity index (χ1) is 4.69. The summed E-state index contributed by atoms with van der Waals surface area (Å²) >= 11 is 0. The lowest BCUT2D eigenvalue weighted by Gasteiger charge is -2.22. The Hall–Kier alpha value is -0.890. The van der Waals surface area contributed by atoms with Crippen molar-refractivity contribution >= 4 is 5.78 Å². The molecule has 1 rings (SSSR count). The van der Waals surface area contributed by atoms with Crippen molar-refractivity contribution in [2.45, 2.75) is 12.5 Å². The molecule has 54 valence electrons. The third-order valence-electron chi connectivity index (χ3n) is 1.69. The molecule has 1 atom stereocenters. The topological polar surface area (TPSA) is 26.3 Å². The molecule has 1 unspecified atom stereocenters. The maximum Gasteiger partial charge on any atom is 0.191 e. The zero-order valence-corrected chi connectivity index (χ0v) is 6.13. The van der Waals surface area contributed by atoms with Crippen molar-refractivity contribution in [3.8, 4) is 0 Å². The van der Waals surface area contributed by atoms with Crippen LogP contribution in [0.3, 0.4) is 0 Å². The highest BCUT2D eigenvalue weighted by atomic mass is 16.5. The highest BCUT2D eigenvalue weighted by molar-refractivity contribution is 5.99. The Balaban J connectivity index is 2.88. The standard InChI is InChI=1S/C8H10O2/c1-8(10-2)6-4-3-5-7(8)9/h3-6H,1-2H3. The molecule has 2 nitrogen and oxygen atoms in total. The molecule has 2 heteroatoms. The number of carbonyl (C=O) groups is 1. The van der Waals surface area contributed by atoms with Gasteiger partial charge in [0, 0.05) is 7.11 Å². The average Bonchev–Trinajstić information content (AvgIpc) is 1.96. The lowest BCUT2D eigenvalue weighted by atomic mass is 9.96. The van der Waals surface area contributed by atoms with E-state index in [1.54, 1.807) is 19.1 Å². The minimum Gasteiger partial charge on any atom is -0.366 e. The first-order valence-electron chi connectivity index (χ1n) is 3.14. The second-order valence-electron chi connectivity index (χ2n) is 2.39. The quantitative estimate of drug-likeness (QED) is 0.542. The Morgan fingerprint density at radius 2 is 2.20 bits per heavy atom. The van der Waals surface area contributed by atoms with Crippen LogP contribution in [-0.4, -0.2) is 18.5 Å². The van der Waals surface area contributed by atoms with Crippen LogP contribution in [0, 0.1) is 0 Å². The van der Waals surface area contributed by atoms with Gasteiger partial charge in [-0.15, -0.1) is 0 Å². The SMILES string of the molecule is COC1(C)C=CC=CC1=O. The Morgan fingerprint density at radius 3 is 2.60 bits per heavy atom. The van der Waals surface area contributed by atoms with Crippen LogP contribution in [-0.2, 0) is 9.53 Å². The van der Waals surface area contributed by atoms with Crippen molar-refractivity contribution in [2.75, 3.05) is 7.11 Å². The minimum absolute atomic E-state index is 0.00231. The Labute approximate surface area is 60.2 Å². The normalized spacial score (nSPS) is 31.2. The fourth-order valence-corrected chi connectivity index (χ4v) is 0.798. The molecule has 1 aliphatic carbocycles. The van der Waals surface area contributed by atoms with Crippen molar-refractivity contribution in [3.05, 3.63) is 24.3 Å². The number of methoxy groups -OCH3 is 1. The number of ketones is 1. The van der Waals surface area contributed by atoms with Crippen LogP contribution in [0.5, 0.6) is 0 Å². The third kappa shape index (κ3) is 1.02. The molecule has 0 spiro atoms. The first kappa shape index (κ1) is 7.22. The molecular formula is C8H10O2. The number of carbonyl (C=O) groups excluding carboxylic acids is 1. The van der Waals surface area contributed by atoms with Gasteiger partial charge in [0.05, 0.1) is 0 Å². The molecule has 0 saturated heterocycles. The third-order valence-corrected chi connectivity index (χ3v) is 1.69. The minimum atomic E-state index is -0.727. The van der Waals surface area contributed by atoms with Gasteiger partial charge in [-0.05, 0) is 19.1 Å². The van der Waals surface area contributed by atoms with E-state index in [1.165, 1.54) is 13.2 Å². The fourth-order valence-electron chi connectivity index (χ4n) is 0.798. The average molecular weight is 138 g/mol. The summed E-state index contributed by atoms with van der Waals surface area (Å²) in [5.41, 5.74) is -0.727. The number of rotatable bonds is 1. The highest BCUT2D eigenvalue weighted by Gasteiger charge is 2.28. The van der Waals surface area contributed by atoms with Gasteiger partial charge in [0.1, 0.15) is 5.60 Å². The largest absolute Gasteiger partial charge is 0.366 e. The molecule has 10 heavy (non-hydrogen) atoms. The van der Waals surface area contributed by atoms with Crippen LogP contribution in [0.2, 0.25) is 0 Å². The van der Waals surface area contributed by atoms with Gasteiger partial charge in [-0.3, -0.25) is 4.79 Å². The van der Waals surface area contributed by atoms with E-state index < -0.39 is 5.60 Å². The number of ether oxygens (including phenoxy) is 1. The van der Waals surface area contributed by atoms with E-state index in [1.807, 2.05) is 6.08 Å². The van der Waals surface area contributed by atoms with E-state index in [0.717, 1.165) is 0 Å². The van der Waals surface area contributed by atoms with Crippen LogP contribution in [0.1, 0.15) is 6.92 Å². The van der Waals surface area contributed by atoms with E-state index >= 15 is 0 Å².